The fraction of sp³-hybridized carbons (Fsp3) is 0. The zero-order valence-corrected chi connectivity index (χ0v) is 28.8. The first-order valence-electron chi connectivity index (χ1n) is 18.0. The van der Waals surface area contributed by atoms with Gasteiger partial charge in [0.15, 0.2) is 0 Å². The van der Waals surface area contributed by atoms with E-state index in [1.807, 2.05) is 36.4 Å². The molecular weight excluding hydrogens is 661 g/mol. The first kappa shape index (κ1) is 30.2. The minimum Gasteiger partial charge on any atom is -0.248 e. The van der Waals surface area contributed by atoms with Gasteiger partial charge in [0.25, 0.3) is 0 Å². The minimum atomic E-state index is 0.656. The highest BCUT2D eigenvalue weighted by molar-refractivity contribution is 6.08. The second-order valence-electron chi connectivity index (χ2n) is 13.5. The topological polar surface area (TPSA) is 76.3 Å². The summed E-state index contributed by atoms with van der Waals surface area (Å²) < 4.78 is 0. The molecular formula is C48H28N6. The molecule has 0 amide bonds. The summed E-state index contributed by atoms with van der Waals surface area (Å²) in [6, 6.07) is 58.8. The molecule has 250 valence electrons. The maximum absolute atomic E-state index is 5.24. The third kappa shape index (κ3) is 4.67. The molecule has 0 radical (unpaired) electrons. The molecule has 7 aromatic carbocycles. The summed E-state index contributed by atoms with van der Waals surface area (Å²) >= 11 is 0. The van der Waals surface area contributed by atoms with Gasteiger partial charge in [0.05, 0.1) is 27.8 Å². The van der Waals surface area contributed by atoms with Crippen molar-refractivity contribution in [1.29, 1.82) is 0 Å². The van der Waals surface area contributed by atoms with Crippen LogP contribution in [0.25, 0.3) is 78.1 Å². The van der Waals surface area contributed by atoms with Crippen LogP contribution in [-0.4, -0.2) is 20.4 Å². The number of para-hydroxylation sites is 1. The van der Waals surface area contributed by atoms with E-state index in [0.717, 1.165) is 93.9 Å². The molecule has 0 N–H and O–H groups in total. The van der Waals surface area contributed by atoms with Crippen LogP contribution in [-0.2, 0) is 0 Å². The largest absolute Gasteiger partial charge is 0.248 e. The quantitative estimate of drug-likeness (QED) is 0.180. The highest BCUT2D eigenvalue weighted by Crippen LogP contribution is 2.52. The SMILES string of the molecule is c1ccc(-c2ccc3nnnc(-c4ccc5c(c4-c4ccccc4-c4ccccc4-c4ccccc4)-c4c6c(ccc4=N5)=c4ccccc4=N6)c3n2)cc1. The van der Waals surface area contributed by atoms with E-state index in [1.165, 1.54) is 0 Å². The van der Waals surface area contributed by atoms with Crippen molar-refractivity contribution in [1.82, 2.24) is 20.4 Å². The van der Waals surface area contributed by atoms with E-state index in [4.69, 9.17) is 20.1 Å². The Bertz CT molecular complexity index is 3220. The molecule has 4 heterocycles. The number of pyridine rings is 1. The Balaban J connectivity index is 1.25. The van der Waals surface area contributed by atoms with Crippen molar-refractivity contribution in [2.24, 2.45) is 9.98 Å². The number of hydrogen-bond donors (Lipinski definition) is 0. The smallest absolute Gasteiger partial charge is 0.123 e. The second kappa shape index (κ2) is 12.1. The summed E-state index contributed by atoms with van der Waals surface area (Å²) in [6.07, 6.45) is 0. The Morgan fingerprint density at radius 1 is 0.370 bits per heavy atom. The predicted octanol–water partition coefficient (Wildman–Crippen LogP) is 10.2. The first-order valence-corrected chi connectivity index (χ1v) is 18.0. The van der Waals surface area contributed by atoms with Crippen LogP contribution in [0.3, 0.4) is 0 Å². The molecule has 0 bridgehead atoms. The third-order valence-electron chi connectivity index (χ3n) is 10.5. The van der Waals surface area contributed by atoms with Crippen LogP contribution in [0.5, 0.6) is 0 Å². The highest BCUT2D eigenvalue weighted by Gasteiger charge is 2.29. The van der Waals surface area contributed by atoms with Crippen LogP contribution in [0.4, 0.5) is 11.4 Å². The summed E-state index contributed by atoms with van der Waals surface area (Å²) in [5.41, 5.74) is 15.2. The highest BCUT2D eigenvalue weighted by atomic mass is 15.3. The lowest BCUT2D eigenvalue weighted by molar-refractivity contribution is 0.897. The lowest BCUT2D eigenvalue weighted by Crippen LogP contribution is -2.03. The lowest BCUT2D eigenvalue weighted by atomic mass is 9.83. The van der Waals surface area contributed by atoms with Gasteiger partial charge in [-0.05, 0) is 75.5 Å². The normalized spacial score (nSPS) is 12.0. The van der Waals surface area contributed by atoms with E-state index in [0.29, 0.717) is 16.7 Å². The molecule has 2 aliphatic rings. The van der Waals surface area contributed by atoms with Crippen LogP contribution < -0.4 is 10.7 Å². The zero-order chi connectivity index (χ0) is 35.6. The monoisotopic (exact) mass is 688 g/mol. The van der Waals surface area contributed by atoms with Gasteiger partial charge >= 0.3 is 0 Å². The van der Waals surface area contributed by atoms with Crippen molar-refractivity contribution in [3.05, 3.63) is 191 Å². The van der Waals surface area contributed by atoms with Crippen LogP contribution in [0.1, 0.15) is 0 Å². The molecule has 0 spiro atoms. The molecule has 9 aromatic rings. The summed E-state index contributed by atoms with van der Waals surface area (Å²) in [6.45, 7) is 0. The summed E-state index contributed by atoms with van der Waals surface area (Å²) in [5.74, 6) is 0. The van der Waals surface area contributed by atoms with Gasteiger partial charge < -0.3 is 0 Å². The van der Waals surface area contributed by atoms with Crippen molar-refractivity contribution in [3.63, 3.8) is 0 Å². The van der Waals surface area contributed by atoms with E-state index < -0.39 is 0 Å². The van der Waals surface area contributed by atoms with E-state index in [2.05, 4.69) is 144 Å². The number of fused-ring (bicyclic) bond motifs is 7. The van der Waals surface area contributed by atoms with Crippen LogP contribution in [0, 0.1) is 10.4 Å². The fourth-order valence-electron chi connectivity index (χ4n) is 8.06. The molecule has 2 aromatic heterocycles. The minimum absolute atomic E-state index is 0.656. The summed E-state index contributed by atoms with van der Waals surface area (Å²) in [4.78, 5) is 15.7. The molecule has 0 fully saturated rings. The van der Waals surface area contributed by atoms with Crippen LogP contribution in [0.2, 0.25) is 0 Å². The molecule has 6 nitrogen and oxygen atoms in total. The van der Waals surface area contributed by atoms with Gasteiger partial charge in [-0.2, -0.15) is 0 Å². The Hall–Kier alpha value is -7.44. The zero-order valence-electron chi connectivity index (χ0n) is 28.8. The van der Waals surface area contributed by atoms with Gasteiger partial charge in [0.1, 0.15) is 16.7 Å². The van der Waals surface area contributed by atoms with Crippen molar-refractivity contribution in [2.45, 2.75) is 0 Å². The number of benzene rings is 7. The summed E-state index contributed by atoms with van der Waals surface area (Å²) in [5, 5.41) is 17.6. The number of hydrogen-bond acceptors (Lipinski definition) is 6. The van der Waals surface area contributed by atoms with Crippen molar-refractivity contribution in [2.75, 3.05) is 0 Å². The maximum atomic E-state index is 5.24. The van der Waals surface area contributed by atoms with Gasteiger partial charge in [-0.3, -0.25) is 0 Å². The third-order valence-corrected chi connectivity index (χ3v) is 10.5. The molecule has 54 heavy (non-hydrogen) atoms. The molecule has 6 heteroatoms. The number of rotatable bonds is 5. The average Bonchev–Trinajstić information content (AvgIpc) is 3.82. The Labute approximate surface area is 309 Å². The Morgan fingerprint density at radius 3 is 1.87 bits per heavy atom. The van der Waals surface area contributed by atoms with E-state index in [1.54, 1.807) is 0 Å². The summed E-state index contributed by atoms with van der Waals surface area (Å²) in [7, 11) is 0. The van der Waals surface area contributed by atoms with E-state index in [9.17, 15) is 0 Å². The van der Waals surface area contributed by atoms with Gasteiger partial charge in [0, 0.05) is 38.3 Å². The number of aromatic nitrogens is 4. The molecule has 0 saturated heterocycles. The Morgan fingerprint density at radius 2 is 1.06 bits per heavy atom. The van der Waals surface area contributed by atoms with Gasteiger partial charge in [-0.15, -0.1) is 10.2 Å². The van der Waals surface area contributed by atoms with Crippen molar-refractivity contribution < 1.29 is 0 Å². The number of nitrogens with zero attached hydrogens (tertiary/aromatic N) is 6. The van der Waals surface area contributed by atoms with Crippen molar-refractivity contribution >= 4 is 22.4 Å². The molecule has 0 unspecified atom stereocenters. The Kier molecular flexibility index (Phi) is 6.75. The van der Waals surface area contributed by atoms with Crippen LogP contribution in [0.15, 0.2) is 180 Å². The van der Waals surface area contributed by atoms with Gasteiger partial charge in [-0.1, -0.05) is 127 Å². The van der Waals surface area contributed by atoms with E-state index in [-0.39, 0.29) is 0 Å². The molecule has 11 rings (SSSR count). The average molecular weight is 689 g/mol. The molecule has 0 saturated carbocycles. The van der Waals surface area contributed by atoms with Gasteiger partial charge in [-0.25, -0.2) is 15.0 Å². The fourth-order valence-corrected chi connectivity index (χ4v) is 8.06. The van der Waals surface area contributed by atoms with Crippen LogP contribution >= 0.6 is 0 Å². The molecule has 0 aliphatic carbocycles. The van der Waals surface area contributed by atoms with Crippen molar-refractivity contribution in [3.8, 4) is 67.0 Å². The standard InChI is InChI=1S/C48H28N6/c1-3-13-29(14-4-1)31-17-7-8-18-32(31)33-19-9-10-21-35(33)43-37(47-48-42(52-54-53-47)28-27-38(50-48)30-15-5-2-6-16-30)24-26-40-44(43)45-41(49-40)25-23-36-34-20-11-12-22-39(34)51-46(36)45/h1-28H. The second-order valence-corrected chi connectivity index (χ2v) is 13.5. The van der Waals surface area contributed by atoms with Gasteiger partial charge in [0.2, 0.25) is 0 Å². The maximum Gasteiger partial charge on any atom is 0.123 e. The first-order chi connectivity index (χ1) is 26.8. The van der Waals surface area contributed by atoms with E-state index >= 15 is 0 Å². The molecule has 2 aliphatic heterocycles. The lowest BCUT2D eigenvalue weighted by Gasteiger charge is -2.20. The molecule has 0 atom stereocenters. The predicted molar refractivity (Wildman–Crippen MR) is 213 cm³/mol.